The predicted octanol–water partition coefficient (Wildman–Crippen LogP) is 0.163. The Labute approximate surface area is 98.7 Å². The number of aromatic nitrogens is 2. The molecule has 0 atom stereocenters. The van der Waals surface area contributed by atoms with Gasteiger partial charge in [0.2, 0.25) is 0 Å². The molecule has 17 heavy (non-hydrogen) atoms. The third-order valence-electron chi connectivity index (χ3n) is 2.39. The fraction of sp³-hybridized carbons (Fsp3) is 0.417. The molecule has 0 aliphatic rings. The molecule has 0 N–H and O–H groups in total. The van der Waals surface area contributed by atoms with Crippen molar-refractivity contribution >= 4 is 5.78 Å². The molecule has 0 saturated heterocycles. The molecule has 0 aliphatic carbocycles. The van der Waals surface area contributed by atoms with Gasteiger partial charge in [0.05, 0.1) is 5.56 Å². The number of carbonyl (C=O) groups excluding carboxylic acids is 1. The van der Waals surface area contributed by atoms with Crippen LogP contribution in [0.15, 0.2) is 15.8 Å². The Morgan fingerprint density at radius 1 is 1.41 bits per heavy atom. The van der Waals surface area contributed by atoms with E-state index in [1.54, 1.807) is 6.92 Å². The van der Waals surface area contributed by atoms with E-state index in [0.717, 1.165) is 4.57 Å². The first kappa shape index (κ1) is 13.0. The van der Waals surface area contributed by atoms with Crippen molar-refractivity contribution in [2.45, 2.75) is 26.8 Å². The lowest BCUT2D eigenvalue weighted by atomic mass is 10.2. The van der Waals surface area contributed by atoms with Crippen LogP contribution >= 0.6 is 0 Å². The molecule has 1 heterocycles. The highest BCUT2D eigenvalue weighted by Crippen LogP contribution is 1.92. The van der Waals surface area contributed by atoms with Crippen molar-refractivity contribution in [1.29, 1.82) is 0 Å². The average Bonchev–Trinajstić information content (AvgIpc) is 2.29. The van der Waals surface area contributed by atoms with E-state index in [9.17, 15) is 14.4 Å². The Morgan fingerprint density at radius 2 is 2.06 bits per heavy atom. The van der Waals surface area contributed by atoms with Crippen LogP contribution in [0.2, 0.25) is 0 Å². The van der Waals surface area contributed by atoms with Gasteiger partial charge in [-0.1, -0.05) is 0 Å². The van der Waals surface area contributed by atoms with Gasteiger partial charge in [-0.05, 0) is 13.8 Å². The largest absolute Gasteiger partial charge is 0.330 e. The second kappa shape index (κ2) is 5.30. The fourth-order valence-electron chi connectivity index (χ4n) is 1.43. The second-order valence-corrected chi connectivity index (χ2v) is 3.62. The molecule has 0 bridgehead atoms. The fourth-order valence-corrected chi connectivity index (χ4v) is 1.43. The third-order valence-corrected chi connectivity index (χ3v) is 2.39. The molecular formula is C12H14N2O3. The van der Waals surface area contributed by atoms with Crippen LogP contribution < -0.4 is 11.2 Å². The summed E-state index contributed by atoms with van der Waals surface area (Å²) in [5, 5.41) is 0. The van der Waals surface area contributed by atoms with Crippen LogP contribution in [0.4, 0.5) is 0 Å². The SMILES string of the molecule is CC#CCCn1cc(C(C)=O)c(=O)n(C)c1=O. The first-order chi connectivity index (χ1) is 7.99. The Morgan fingerprint density at radius 3 is 2.59 bits per heavy atom. The van der Waals surface area contributed by atoms with Gasteiger partial charge >= 0.3 is 5.69 Å². The van der Waals surface area contributed by atoms with Crippen LogP contribution in [0.25, 0.3) is 0 Å². The lowest BCUT2D eigenvalue weighted by molar-refractivity contribution is 0.101. The van der Waals surface area contributed by atoms with Crippen molar-refractivity contribution in [3.05, 3.63) is 32.6 Å². The topological polar surface area (TPSA) is 61.1 Å². The highest BCUT2D eigenvalue weighted by atomic mass is 16.2. The summed E-state index contributed by atoms with van der Waals surface area (Å²) in [7, 11) is 1.36. The van der Waals surface area contributed by atoms with Gasteiger partial charge in [-0.25, -0.2) is 4.79 Å². The van der Waals surface area contributed by atoms with Gasteiger partial charge in [0.15, 0.2) is 5.78 Å². The molecule has 1 aromatic rings. The molecular weight excluding hydrogens is 220 g/mol. The van der Waals surface area contributed by atoms with E-state index in [1.165, 1.54) is 24.7 Å². The minimum absolute atomic E-state index is 0.0246. The molecule has 0 radical (unpaired) electrons. The van der Waals surface area contributed by atoms with Crippen LogP contribution in [-0.2, 0) is 13.6 Å². The van der Waals surface area contributed by atoms with Gasteiger partial charge in [0.1, 0.15) is 0 Å². The summed E-state index contributed by atoms with van der Waals surface area (Å²) in [4.78, 5) is 34.6. The molecule has 0 aliphatic heterocycles. The minimum Gasteiger partial charge on any atom is -0.299 e. The molecule has 0 amide bonds. The molecule has 0 saturated carbocycles. The van der Waals surface area contributed by atoms with Gasteiger partial charge in [-0.15, -0.1) is 11.8 Å². The van der Waals surface area contributed by atoms with Gasteiger partial charge in [-0.2, -0.15) is 0 Å². The first-order valence-electron chi connectivity index (χ1n) is 5.20. The number of nitrogens with zero attached hydrogens (tertiary/aromatic N) is 2. The summed E-state index contributed by atoms with van der Waals surface area (Å²) < 4.78 is 2.28. The number of hydrogen-bond donors (Lipinski definition) is 0. The zero-order valence-corrected chi connectivity index (χ0v) is 10.1. The van der Waals surface area contributed by atoms with Crippen molar-refractivity contribution in [3.8, 4) is 11.8 Å². The molecule has 0 fully saturated rings. The van der Waals surface area contributed by atoms with Crippen molar-refractivity contribution in [3.63, 3.8) is 0 Å². The lowest BCUT2D eigenvalue weighted by Gasteiger charge is -2.07. The number of Topliss-reactive ketones (excluding diaryl/α,β-unsaturated/α-hetero) is 1. The first-order valence-corrected chi connectivity index (χ1v) is 5.20. The monoisotopic (exact) mass is 234 g/mol. The standard InChI is InChI=1S/C12H14N2O3/c1-4-5-6-7-14-8-10(9(2)15)11(16)13(3)12(14)17/h8H,6-7H2,1-3H3. The summed E-state index contributed by atoms with van der Waals surface area (Å²) in [5.74, 6) is 5.20. The quantitative estimate of drug-likeness (QED) is 0.553. The molecule has 0 unspecified atom stereocenters. The van der Waals surface area contributed by atoms with E-state index < -0.39 is 11.2 Å². The summed E-state index contributed by atoms with van der Waals surface area (Å²) in [6.07, 6.45) is 1.82. The van der Waals surface area contributed by atoms with E-state index in [0.29, 0.717) is 13.0 Å². The van der Waals surface area contributed by atoms with Crippen molar-refractivity contribution in [2.75, 3.05) is 0 Å². The second-order valence-electron chi connectivity index (χ2n) is 3.62. The molecule has 0 aromatic carbocycles. The van der Waals surface area contributed by atoms with Crippen LogP contribution in [0.5, 0.6) is 0 Å². The maximum Gasteiger partial charge on any atom is 0.330 e. The van der Waals surface area contributed by atoms with E-state index in [2.05, 4.69) is 11.8 Å². The number of carbonyl (C=O) groups is 1. The van der Waals surface area contributed by atoms with Gasteiger partial charge in [0, 0.05) is 26.2 Å². The van der Waals surface area contributed by atoms with Crippen LogP contribution in [0.1, 0.15) is 30.6 Å². The normalized spacial score (nSPS) is 9.59. The van der Waals surface area contributed by atoms with Gasteiger partial charge in [-0.3, -0.25) is 18.7 Å². The smallest absolute Gasteiger partial charge is 0.299 e. The molecule has 90 valence electrons. The van der Waals surface area contributed by atoms with E-state index >= 15 is 0 Å². The van der Waals surface area contributed by atoms with Crippen LogP contribution in [0, 0.1) is 11.8 Å². The number of aryl methyl sites for hydroxylation is 1. The minimum atomic E-state index is -0.555. The number of rotatable bonds is 3. The van der Waals surface area contributed by atoms with Gasteiger partial charge < -0.3 is 0 Å². The molecule has 1 rings (SSSR count). The van der Waals surface area contributed by atoms with Crippen molar-refractivity contribution < 1.29 is 4.79 Å². The van der Waals surface area contributed by atoms with Crippen molar-refractivity contribution in [2.24, 2.45) is 7.05 Å². The summed E-state index contributed by atoms with van der Waals surface area (Å²) >= 11 is 0. The predicted molar refractivity (Wildman–Crippen MR) is 64.0 cm³/mol. The Kier molecular flexibility index (Phi) is 4.05. The van der Waals surface area contributed by atoms with Gasteiger partial charge in [0.25, 0.3) is 5.56 Å². The highest BCUT2D eigenvalue weighted by molar-refractivity contribution is 5.93. The summed E-state index contributed by atoms with van der Waals surface area (Å²) in [6, 6.07) is 0. The zero-order valence-electron chi connectivity index (χ0n) is 10.1. The van der Waals surface area contributed by atoms with E-state index in [4.69, 9.17) is 0 Å². The Hall–Kier alpha value is -2.09. The maximum absolute atomic E-state index is 11.7. The zero-order chi connectivity index (χ0) is 13.0. The summed E-state index contributed by atoms with van der Waals surface area (Å²) in [5.41, 5.74) is -0.963. The summed E-state index contributed by atoms with van der Waals surface area (Å²) in [6.45, 7) is 3.38. The van der Waals surface area contributed by atoms with Crippen LogP contribution in [0.3, 0.4) is 0 Å². The Balaban J connectivity index is 3.31. The molecule has 1 aromatic heterocycles. The molecule has 0 spiro atoms. The van der Waals surface area contributed by atoms with Crippen molar-refractivity contribution in [1.82, 2.24) is 9.13 Å². The number of hydrogen-bond acceptors (Lipinski definition) is 3. The lowest BCUT2D eigenvalue weighted by Crippen LogP contribution is -2.40. The highest BCUT2D eigenvalue weighted by Gasteiger charge is 2.11. The molecule has 5 nitrogen and oxygen atoms in total. The third kappa shape index (κ3) is 2.72. The van der Waals surface area contributed by atoms with Crippen LogP contribution in [-0.4, -0.2) is 14.9 Å². The van der Waals surface area contributed by atoms with E-state index in [1.807, 2.05) is 0 Å². The Bertz CT molecular complexity index is 611. The average molecular weight is 234 g/mol. The maximum atomic E-state index is 11.7. The number of ketones is 1. The molecule has 5 heteroatoms. The van der Waals surface area contributed by atoms with E-state index in [-0.39, 0.29) is 11.3 Å².